The molecule has 0 fully saturated rings. The average Bonchev–Trinajstić information content (AvgIpc) is 1.85. The molecule has 70 valence electrons. The second-order valence-corrected chi connectivity index (χ2v) is 17.9. The van der Waals surface area contributed by atoms with E-state index in [-0.39, 0.29) is 0 Å². The molecule has 12 heavy (non-hydrogen) atoms. The minimum absolute atomic E-state index is 1.21. The Labute approximate surface area is 91.1 Å². The maximum atomic E-state index is 4.98. The Morgan fingerprint density at radius 2 is 1.75 bits per heavy atom. The van der Waals surface area contributed by atoms with Crippen LogP contribution in [0.4, 0.5) is 0 Å². The standard InChI is InChI=1S/C6H7N.Cl4Se/c1-6-3-2-4-7-5-6;1-5(2,3)4/h2-5H,1H3;. The fourth-order valence-electron chi connectivity index (χ4n) is 0.448. The average molecular weight is 314 g/mol. The number of aryl methyl sites for hydroxylation is 1. The van der Waals surface area contributed by atoms with Gasteiger partial charge in [-0.15, -0.1) is 0 Å². The van der Waals surface area contributed by atoms with Crippen molar-refractivity contribution in [3.8, 4) is 0 Å². The van der Waals surface area contributed by atoms with Crippen molar-refractivity contribution in [3.05, 3.63) is 30.1 Å². The molecule has 1 aromatic rings. The van der Waals surface area contributed by atoms with Crippen LogP contribution < -0.4 is 0 Å². The predicted molar refractivity (Wildman–Crippen MR) is 58.1 cm³/mol. The van der Waals surface area contributed by atoms with Crippen molar-refractivity contribution < 1.29 is 0 Å². The van der Waals surface area contributed by atoms with Crippen LogP contribution in [-0.2, 0) is 0 Å². The topological polar surface area (TPSA) is 12.9 Å². The number of hydrogen-bond donors (Lipinski definition) is 0. The van der Waals surface area contributed by atoms with Crippen molar-refractivity contribution in [1.29, 1.82) is 0 Å². The fraction of sp³-hybridized carbons (Fsp3) is 0.167. The van der Waals surface area contributed by atoms with Crippen LogP contribution in [0.15, 0.2) is 24.5 Å². The van der Waals surface area contributed by atoms with E-state index in [0.29, 0.717) is 0 Å². The molecule has 1 rings (SSSR count). The number of hydrogen-bond acceptors (Lipinski definition) is 1. The Kier molecular flexibility index (Phi) is 6.74. The number of nitrogens with zero attached hydrogens (tertiary/aromatic N) is 1. The van der Waals surface area contributed by atoms with Gasteiger partial charge in [0.25, 0.3) is 0 Å². The van der Waals surface area contributed by atoms with Gasteiger partial charge in [0.2, 0.25) is 0 Å². The molecular weight excluding hydrogens is 307 g/mol. The predicted octanol–water partition coefficient (Wildman–Crippen LogP) is 3.77. The van der Waals surface area contributed by atoms with Gasteiger partial charge in [-0.1, -0.05) is 6.07 Å². The minimum atomic E-state index is -2.86. The molecule has 0 aliphatic rings. The van der Waals surface area contributed by atoms with E-state index in [1.165, 1.54) is 5.56 Å². The van der Waals surface area contributed by atoms with E-state index in [1.807, 2.05) is 25.3 Å². The molecule has 0 aromatic carbocycles. The molecule has 6 heteroatoms. The number of aromatic nitrogens is 1. The summed E-state index contributed by atoms with van der Waals surface area (Å²) in [5, 5.41) is 0. The van der Waals surface area contributed by atoms with Crippen LogP contribution in [-0.4, -0.2) is 14.2 Å². The molecule has 0 aliphatic heterocycles. The number of pyridine rings is 1. The number of rotatable bonds is 0. The maximum absolute atomic E-state index is 4.98. The molecule has 0 atom stereocenters. The molecule has 0 bridgehead atoms. The first-order valence-corrected chi connectivity index (χ1v) is 11.9. The summed E-state index contributed by atoms with van der Waals surface area (Å²) in [5.41, 5.74) is 1.21. The molecule has 0 aliphatic carbocycles. The summed E-state index contributed by atoms with van der Waals surface area (Å²) in [6, 6.07) is 3.95. The van der Waals surface area contributed by atoms with Crippen LogP contribution in [0, 0.1) is 6.92 Å². The number of halogens is 4. The summed E-state index contributed by atoms with van der Waals surface area (Å²) in [4.78, 5) is 3.88. The monoisotopic (exact) mass is 313 g/mol. The summed E-state index contributed by atoms with van der Waals surface area (Å²) >= 11 is 0. The van der Waals surface area contributed by atoms with Gasteiger partial charge in [0.1, 0.15) is 0 Å². The molecule has 0 saturated carbocycles. The van der Waals surface area contributed by atoms with Crippen molar-refractivity contribution >= 4 is 49.6 Å². The Balaban J connectivity index is 0.000000217. The van der Waals surface area contributed by atoms with Gasteiger partial charge in [-0.3, -0.25) is 4.98 Å². The molecule has 0 unspecified atom stereocenters. The van der Waals surface area contributed by atoms with Crippen molar-refractivity contribution in [3.63, 3.8) is 0 Å². The Morgan fingerprint density at radius 3 is 1.92 bits per heavy atom. The first-order chi connectivity index (χ1) is 5.39. The van der Waals surface area contributed by atoms with Gasteiger partial charge in [0, 0.05) is 12.4 Å². The molecule has 0 N–H and O–H groups in total. The summed E-state index contributed by atoms with van der Waals surface area (Å²) < 4.78 is 0. The molecule has 0 saturated heterocycles. The third-order valence-electron chi connectivity index (χ3n) is 0.809. The van der Waals surface area contributed by atoms with Crippen molar-refractivity contribution in [2.24, 2.45) is 0 Å². The van der Waals surface area contributed by atoms with Crippen molar-refractivity contribution in [2.45, 2.75) is 6.92 Å². The molecular formula is C6H7Cl4NSe. The van der Waals surface area contributed by atoms with Crippen LogP contribution in [0.1, 0.15) is 5.56 Å². The second kappa shape index (κ2) is 6.31. The normalized spacial score (nSPS) is 11.4. The zero-order valence-corrected chi connectivity index (χ0v) is 10.9. The van der Waals surface area contributed by atoms with Crippen molar-refractivity contribution in [2.75, 3.05) is 0 Å². The Hall–Kier alpha value is 0.829. The zero-order chi connectivity index (χ0) is 9.61. The van der Waals surface area contributed by atoms with E-state index in [2.05, 4.69) is 4.98 Å². The SMILES string of the molecule is Cc1cccnc1.Cl[Se](Cl)(Cl)Cl. The molecule has 1 nitrogen and oxygen atoms in total. The Morgan fingerprint density at radius 1 is 1.25 bits per heavy atom. The van der Waals surface area contributed by atoms with Crippen molar-refractivity contribution in [1.82, 2.24) is 4.98 Å². The van der Waals surface area contributed by atoms with E-state index >= 15 is 0 Å². The first kappa shape index (κ1) is 12.8. The van der Waals surface area contributed by atoms with Crippen LogP contribution in [0.2, 0.25) is 0 Å². The zero-order valence-electron chi connectivity index (χ0n) is 6.18. The van der Waals surface area contributed by atoms with Gasteiger partial charge in [0.05, 0.1) is 0 Å². The molecule has 1 aromatic heterocycles. The van der Waals surface area contributed by atoms with E-state index in [4.69, 9.17) is 40.4 Å². The summed E-state index contributed by atoms with van der Waals surface area (Å²) in [7, 11) is 17.1. The van der Waals surface area contributed by atoms with E-state index in [0.717, 1.165) is 0 Å². The third kappa shape index (κ3) is 13.4. The quantitative estimate of drug-likeness (QED) is 0.664. The first-order valence-electron chi connectivity index (χ1n) is 2.88. The van der Waals surface area contributed by atoms with E-state index in [9.17, 15) is 0 Å². The van der Waals surface area contributed by atoms with Gasteiger partial charge < -0.3 is 0 Å². The fourth-order valence-corrected chi connectivity index (χ4v) is 0.448. The van der Waals surface area contributed by atoms with Gasteiger partial charge in [-0.2, -0.15) is 0 Å². The molecule has 0 amide bonds. The molecule has 0 radical (unpaired) electrons. The van der Waals surface area contributed by atoms with Gasteiger partial charge in [-0.05, 0) is 18.6 Å². The molecule has 1 heterocycles. The van der Waals surface area contributed by atoms with Gasteiger partial charge in [-0.25, -0.2) is 0 Å². The van der Waals surface area contributed by atoms with Crippen LogP contribution in [0.25, 0.3) is 0 Å². The third-order valence-corrected chi connectivity index (χ3v) is 0.809. The Bertz CT molecular complexity index is 205. The van der Waals surface area contributed by atoms with Crippen LogP contribution >= 0.6 is 40.4 Å². The van der Waals surface area contributed by atoms with Gasteiger partial charge in [0.15, 0.2) is 0 Å². The van der Waals surface area contributed by atoms with Gasteiger partial charge >= 0.3 is 49.6 Å². The van der Waals surface area contributed by atoms with Crippen LogP contribution in [0.3, 0.4) is 0 Å². The summed E-state index contributed by atoms with van der Waals surface area (Å²) in [6.45, 7) is 2.02. The second-order valence-electron chi connectivity index (χ2n) is 1.88. The van der Waals surface area contributed by atoms with E-state index in [1.54, 1.807) is 6.20 Å². The van der Waals surface area contributed by atoms with E-state index < -0.39 is 9.20 Å². The molecule has 0 spiro atoms. The summed E-state index contributed by atoms with van der Waals surface area (Å²) in [6.07, 6.45) is 3.60. The van der Waals surface area contributed by atoms with Crippen LogP contribution in [0.5, 0.6) is 0 Å². The summed E-state index contributed by atoms with van der Waals surface area (Å²) in [5.74, 6) is 0.